The fourth-order valence-electron chi connectivity index (χ4n) is 4.15. The molecule has 2 N–H and O–H groups in total. The van der Waals surface area contributed by atoms with E-state index in [1.165, 1.54) is 18.4 Å². The van der Waals surface area contributed by atoms with Gasteiger partial charge < -0.3 is 14.9 Å². The second-order valence-electron chi connectivity index (χ2n) is 7.37. The molecule has 25 heavy (non-hydrogen) atoms. The predicted molar refractivity (Wildman–Crippen MR) is 98.7 cm³/mol. The third-order valence-corrected chi connectivity index (χ3v) is 5.62. The van der Waals surface area contributed by atoms with E-state index in [9.17, 15) is 5.11 Å². The fourth-order valence-corrected chi connectivity index (χ4v) is 4.15. The summed E-state index contributed by atoms with van der Waals surface area (Å²) >= 11 is 0. The summed E-state index contributed by atoms with van der Waals surface area (Å²) in [7, 11) is 0. The summed E-state index contributed by atoms with van der Waals surface area (Å²) in [5, 5.41) is 18.3. The summed E-state index contributed by atoms with van der Waals surface area (Å²) in [6.07, 6.45) is 4.78. The Morgan fingerprint density at radius 3 is 2.60 bits per heavy atom. The molecular weight excluding hydrogens is 316 g/mol. The van der Waals surface area contributed by atoms with Gasteiger partial charge in [-0.15, -0.1) is 0 Å². The summed E-state index contributed by atoms with van der Waals surface area (Å²) in [4.78, 5) is 5.17. The van der Waals surface area contributed by atoms with Gasteiger partial charge in [0, 0.05) is 31.3 Å². The van der Waals surface area contributed by atoms with Crippen LogP contribution in [0.3, 0.4) is 0 Å². The molecule has 0 spiro atoms. The van der Waals surface area contributed by atoms with Crippen LogP contribution in [0.25, 0.3) is 0 Å². The van der Waals surface area contributed by atoms with E-state index in [0.29, 0.717) is 25.2 Å². The number of benzene rings is 1. The Hall–Kier alpha value is -1.14. The molecule has 0 bridgehead atoms. The molecule has 0 radical (unpaired) electrons. The highest BCUT2D eigenvalue weighted by Crippen LogP contribution is 2.26. The second kappa shape index (κ2) is 9.53. The Morgan fingerprint density at radius 1 is 1.04 bits per heavy atom. The topological polar surface area (TPSA) is 56.2 Å². The minimum Gasteiger partial charge on any atom is -0.491 e. The number of ether oxygens (including phenoxy) is 1. The van der Waals surface area contributed by atoms with Gasteiger partial charge in [-0.3, -0.25) is 9.80 Å². The zero-order valence-corrected chi connectivity index (χ0v) is 15.1. The molecule has 5 nitrogen and oxygen atoms in total. The maximum absolute atomic E-state index is 9.33. The molecule has 3 rings (SSSR count). The van der Waals surface area contributed by atoms with Crippen LogP contribution in [0.2, 0.25) is 0 Å². The molecule has 5 heteroatoms. The van der Waals surface area contributed by atoms with E-state index in [1.807, 2.05) is 12.1 Å². The van der Waals surface area contributed by atoms with Crippen molar-refractivity contribution in [1.82, 2.24) is 9.80 Å². The second-order valence-corrected chi connectivity index (χ2v) is 7.37. The van der Waals surface area contributed by atoms with Crippen LogP contribution in [-0.2, 0) is 6.54 Å². The van der Waals surface area contributed by atoms with Crippen LogP contribution >= 0.6 is 0 Å². The van der Waals surface area contributed by atoms with Gasteiger partial charge in [-0.2, -0.15) is 0 Å². The third kappa shape index (κ3) is 5.17. The van der Waals surface area contributed by atoms with Crippen LogP contribution in [-0.4, -0.2) is 72.1 Å². The van der Waals surface area contributed by atoms with Crippen LogP contribution in [0.1, 0.15) is 31.2 Å². The van der Waals surface area contributed by atoms with Crippen molar-refractivity contribution in [3.05, 3.63) is 29.8 Å². The first-order valence-corrected chi connectivity index (χ1v) is 9.69. The number of para-hydroxylation sites is 1. The molecule has 2 saturated heterocycles. The molecule has 1 aromatic rings. The molecule has 2 aliphatic heterocycles. The lowest BCUT2D eigenvalue weighted by Crippen LogP contribution is -2.50. The van der Waals surface area contributed by atoms with Crippen LogP contribution in [0, 0.1) is 5.92 Å². The average molecular weight is 348 g/mol. The highest BCUT2D eigenvalue weighted by atomic mass is 16.5. The zero-order chi connectivity index (χ0) is 17.5. The van der Waals surface area contributed by atoms with Gasteiger partial charge >= 0.3 is 0 Å². The first-order chi connectivity index (χ1) is 12.3. The van der Waals surface area contributed by atoms with Gasteiger partial charge in [0.15, 0.2) is 0 Å². The lowest BCUT2D eigenvalue weighted by Gasteiger charge is -2.42. The number of likely N-dealkylation sites (tertiary alicyclic amines) is 2. The molecule has 2 fully saturated rings. The number of nitrogens with zero attached hydrogens (tertiary/aromatic N) is 2. The minimum atomic E-state index is 0.0456. The summed E-state index contributed by atoms with van der Waals surface area (Å²) in [6.45, 7) is 6.14. The van der Waals surface area contributed by atoms with Crippen molar-refractivity contribution in [3.8, 4) is 5.75 Å². The number of hydrogen-bond donors (Lipinski definition) is 2. The van der Waals surface area contributed by atoms with E-state index >= 15 is 0 Å². The Labute approximate surface area is 151 Å². The quantitative estimate of drug-likeness (QED) is 0.786. The molecule has 2 heterocycles. The Balaban J connectivity index is 1.55. The molecular formula is C20H32N2O3. The van der Waals surface area contributed by atoms with Crippen LogP contribution in [0.15, 0.2) is 24.3 Å². The van der Waals surface area contributed by atoms with Crippen molar-refractivity contribution in [2.45, 2.75) is 38.3 Å². The predicted octanol–water partition coefficient (Wildman–Crippen LogP) is 1.73. The fraction of sp³-hybridized carbons (Fsp3) is 0.700. The smallest absolute Gasteiger partial charge is 0.123 e. The maximum atomic E-state index is 9.33. The lowest BCUT2D eigenvalue weighted by molar-refractivity contribution is 0.0540. The standard InChI is InChI=1S/C20H32N2O3/c23-12-13-25-20-6-2-1-4-18(20)14-21-9-3-5-19(15-21)22-10-7-17(16-24)8-11-22/h1-2,4,6,17,19,23-24H,3,5,7-16H2/t19-/m0/s1. The van der Waals surface area contributed by atoms with E-state index in [2.05, 4.69) is 21.9 Å². The van der Waals surface area contributed by atoms with Crippen LogP contribution in [0.5, 0.6) is 5.75 Å². The van der Waals surface area contributed by atoms with Gasteiger partial charge in [-0.1, -0.05) is 18.2 Å². The molecule has 2 aliphatic rings. The summed E-state index contributed by atoms with van der Waals surface area (Å²) in [5.41, 5.74) is 1.20. The van der Waals surface area contributed by atoms with Crippen LogP contribution in [0.4, 0.5) is 0 Å². The number of rotatable bonds is 7. The zero-order valence-electron chi connectivity index (χ0n) is 15.1. The van der Waals surface area contributed by atoms with E-state index < -0.39 is 0 Å². The third-order valence-electron chi connectivity index (χ3n) is 5.62. The number of piperidine rings is 2. The van der Waals surface area contributed by atoms with Gasteiger partial charge in [-0.25, -0.2) is 0 Å². The van der Waals surface area contributed by atoms with Gasteiger partial charge in [0.25, 0.3) is 0 Å². The Kier molecular flexibility index (Phi) is 7.11. The summed E-state index contributed by atoms with van der Waals surface area (Å²) in [6, 6.07) is 8.80. The van der Waals surface area contributed by atoms with Crippen molar-refractivity contribution in [2.24, 2.45) is 5.92 Å². The van der Waals surface area contributed by atoms with Crippen molar-refractivity contribution < 1.29 is 14.9 Å². The average Bonchev–Trinajstić information content (AvgIpc) is 2.67. The highest BCUT2D eigenvalue weighted by Gasteiger charge is 2.28. The van der Waals surface area contributed by atoms with Gasteiger partial charge in [0.1, 0.15) is 12.4 Å². The van der Waals surface area contributed by atoms with E-state index in [0.717, 1.165) is 51.3 Å². The molecule has 0 saturated carbocycles. The minimum absolute atomic E-state index is 0.0456. The Morgan fingerprint density at radius 2 is 1.84 bits per heavy atom. The van der Waals surface area contributed by atoms with Crippen LogP contribution < -0.4 is 4.74 Å². The summed E-state index contributed by atoms with van der Waals surface area (Å²) < 4.78 is 5.68. The molecule has 140 valence electrons. The first-order valence-electron chi connectivity index (χ1n) is 9.69. The molecule has 1 aromatic carbocycles. The monoisotopic (exact) mass is 348 g/mol. The molecule has 0 aromatic heterocycles. The van der Waals surface area contributed by atoms with Crippen molar-refractivity contribution in [2.75, 3.05) is 46.0 Å². The van der Waals surface area contributed by atoms with Gasteiger partial charge in [0.2, 0.25) is 0 Å². The number of aliphatic hydroxyl groups excluding tert-OH is 2. The van der Waals surface area contributed by atoms with Crippen molar-refractivity contribution in [3.63, 3.8) is 0 Å². The molecule has 0 amide bonds. The Bertz CT molecular complexity index is 517. The lowest BCUT2D eigenvalue weighted by atomic mass is 9.94. The van der Waals surface area contributed by atoms with Gasteiger partial charge in [-0.05, 0) is 57.3 Å². The highest BCUT2D eigenvalue weighted by molar-refractivity contribution is 5.33. The van der Waals surface area contributed by atoms with E-state index in [-0.39, 0.29) is 6.61 Å². The molecule has 1 atom stereocenters. The largest absolute Gasteiger partial charge is 0.491 e. The number of hydrogen-bond acceptors (Lipinski definition) is 5. The SMILES string of the molecule is OCCOc1ccccc1CN1CCC[C@H](N2CCC(CO)CC2)C1. The van der Waals surface area contributed by atoms with Crippen molar-refractivity contribution in [1.29, 1.82) is 0 Å². The number of aliphatic hydroxyl groups is 2. The summed E-state index contributed by atoms with van der Waals surface area (Å²) in [5.74, 6) is 1.40. The van der Waals surface area contributed by atoms with E-state index in [4.69, 9.17) is 9.84 Å². The molecule has 0 unspecified atom stereocenters. The first kappa shape index (κ1) is 18.6. The normalized spacial score (nSPS) is 23.7. The van der Waals surface area contributed by atoms with Crippen molar-refractivity contribution >= 4 is 0 Å². The molecule has 0 aliphatic carbocycles. The maximum Gasteiger partial charge on any atom is 0.123 e. The van der Waals surface area contributed by atoms with E-state index in [1.54, 1.807) is 0 Å². The van der Waals surface area contributed by atoms with Gasteiger partial charge in [0.05, 0.1) is 6.61 Å².